The van der Waals surface area contributed by atoms with Gasteiger partial charge in [0, 0.05) is 26.2 Å². The fraction of sp³-hybridized carbons (Fsp3) is 0.484. The zero-order valence-electron chi connectivity index (χ0n) is 24.7. The average molecular weight is 597 g/mol. The van der Waals surface area contributed by atoms with E-state index in [1.165, 1.54) is 12.1 Å². The number of nitriles is 1. The quantitative estimate of drug-likeness (QED) is 0.205. The van der Waals surface area contributed by atoms with E-state index in [-0.39, 0.29) is 44.6 Å². The smallest absolute Gasteiger partial charge is 0.272 e. The van der Waals surface area contributed by atoms with Gasteiger partial charge in [-0.05, 0) is 54.0 Å². The first-order valence-electron chi connectivity index (χ1n) is 14.2. The number of nitrogens with one attached hydrogen (secondary N) is 2. The number of likely N-dealkylation sites (tertiary alicyclic amines) is 1. The Balaban J connectivity index is 1.65. The second-order valence-electron chi connectivity index (χ2n) is 12.2. The first-order valence-corrected chi connectivity index (χ1v) is 15.0. The van der Waals surface area contributed by atoms with Crippen LogP contribution in [0.3, 0.4) is 0 Å². The maximum absolute atomic E-state index is 13.3. The number of allylic oxidation sites excluding steroid dienone is 1. The molecule has 11 heteroatoms. The Morgan fingerprint density at radius 1 is 1.24 bits per heavy atom. The summed E-state index contributed by atoms with van der Waals surface area (Å²) in [5.74, 6) is -0.492. The normalized spacial score (nSPS) is 16.0. The molecule has 224 valence electrons. The van der Waals surface area contributed by atoms with Gasteiger partial charge in [0.25, 0.3) is 18.2 Å². The molecule has 2 aromatic heterocycles. The number of imidazole rings is 1. The molecule has 1 fully saturated rings. The first-order chi connectivity index (χ1) is 19.9. The van der Waals surface area contributed by atoms with Crippen LogP contribution in [0, 0.1) is 22.7 Å². The fourth-order valence-corrected chi connectivity index (χ4v) is 5.81. The molecule has 42 heavy (non-hydrogen) atoms. The van der Waals surface area contributed by atoms with E-state index in [2.05, 4.69) is 37.5 Å². The van der Waals surface area contributed by atoms with Crippen molar-refractivity contribution in [1.82, 2.24) is 19.8 Å². The summed E-state index contributed by atoms with van der Waals surface area (Å²) in [5, 5.41) is 15.9. The molecule has 0 unspecified atom stereocenters. The molecule has 2 amide bonds. The predicted molar refractivity (Wildman–Crippen MR) is 161 cm³/mol. The van der Waals surface area contributed by atoms with E-state index in [0.29, 0.717) is 25.2 Å². The van der Waals surface area contributed by atoms with Crippen molar-refractivity contribution >= 4 is 40.1 Å². The first kappa shape index (κ1) is 31.3. The summed E-state index contributed by atoms with van der Waals surface area (Å²) < 4.78 is 28.2. The molecule has 0 aliphatic carbocycles. The number of hydrogen-bond acceptors (Lipinski definition) is 6. The van der Waals surface area contributed by atoms with Crippen LogP contribution in [0.25, 0.3) is 11.0 Å². The lowest BCUT2D eigenvalue weighted by atomic mass is 9.97. The van der Waals surface area contributed by atoms with Gasteiger partial charge in [0.1, 0.15) is 11.6 Å². The summed E-state index contributed by atoms with van der Waals surface area (Å²) in [6.45, 7) is 12.7. The number of benzene rings is 1. The monoisotopic (exact) mass is 596 g/mol. The van der Waals surface area contributed by atoms with Crippen molar-refractivity contribution in [3.63, 3.8) is 0 Å². The van der Waals surface area contributed by atoms with Crippen molar-refractivity contribution in [2.45, 2.75) is 73.0 Å². The molecule has 2 N–H and O–H groups in total. The van der Waals surface area contributed by atoms with Gasteiger partial charge in [-0.3, -0.25) is 14.9 Å². The van der Waals surface area contributed by atoms with Crippen LogP contribution < -0.4 is 10.6 Å². The lowest BCUT2D eigenvalue weighted by molar-refractivity contribution is -0.127. The molecule has 0 spiro atoms. The highest BCUT2D eigenvalue weighted by atomic mass is 32.1. The number of amides is 2. The molecule has 0 radical (unpaired) electrons. The van der Waals surface area contributed by atoms with Crippen molar-refractivity contribution in [3.05, 3.63) is 57.3 Å². The molecule has 1 aliphatic heterocycles. The second kappa shape index (κ2) is 13.1. The number of nitrogens with zero attached hydrogens (tertiary/aromatic N) is 4. The van der Waals surface area contributed by atoms with Gasteiger partial charge in [-0.1, -0.05) is 46.8 Å². The molecular weight excluding hydrogens is 558 g/mol. The van der Waals surface area contributed by atoms with Gasteiger partial charge in [-0.15, -0.1) is 11.3 Å². The Bertz CT molecular complexity index is 1510. The highest BCUT2D eigenvalue weighted by Crippen LogP contribution is 2.30. The molecule has 1 atom stereocenters. The second-order valence-corrected chi connectivity index (χ2v) is 13.3. The number of carbonyl (C=O) groups excluding carboxylic acids is 2. The fourth-order valence-electron chi connectivity index (χ4n) is 5.05. The van der Waals surface area contributed by atoms with Gasteiger partial charge in [-0.25, -0.2) is 13.8 Å². The molecule has 3 heterocycles. The third-order valence-corrected chi connectivity index (χ3v) is 8.06. The van der Waals surface area contributed by atoms with Crippen molar-refractivity contribution < 1.29 is 18.4 Å². The average Bonchev–Trinajstić information content (AvgIpc) is 3.66. The number of carbonyl (C=O) groups is 2. The highest BCUT2D eigenvalue weighted by Gasteiger charge is 2.32. The van der Waals surface area contributed by atoms with Crippen LogP contribution in [0.4, 0.5) is 14.7 Å². The number of hydrogen-bond donors (Lipinski definition) is 2. The Morgan fingerprint density at radius 3 is 2.64 bits per heavy atom. The van der Waals surface area contributed by atoms with Crippen LogP contribution >= 0.6 is 11.3 Å². The van der Waals surface area contributed by atoms with E-state index in [9.17, 15) is 23.6 Å². The zero-order chi connectivity index (χ0) is 30.6. The standard InChI is InChI=1S/C31H38F2N6O2S/c1-19(2)13-21(15-34)29(41)38-12-6-7-22(38)17-39-24-9-8-20(16-35-18-31(3,4)5)14-23(24)36-30(39)37-28(40)26-11-10-25(42-26)27(32)33/h8-11,13-14,19,22,27,35H,6-7,12,16-18H2,1-5H3,(H,36,37,40)/b21-13+/t22-/m0/s1. The minimum absolute atomic E-state index is 0.0546. The third kappa shape index (κ3) is 7.61. The highest BCUT2D eigenvalue weighted by molar-refractivity contribution is 7.14. The van der Waals surface area contributed by atoms with Crippen LogP contribution in [0.5, 0.6) is 0 Å². The number of alkyl halides is 2. The maximum atomic E-state index is 13.3. The summed E-state index contributed by atoms with van der Waals surface area (Å²) in [7, 11) is 0. The lowest BCUT2D eigenvalue weighted by Crippen LogP contribution is -2.39. The molecule has 1 aliphatic rings. The molecule has 3 aromatic rings. The van der Waals surface area contributed by atoms with Gasteiger partial charge in [-0.2, -0.15) is 5.26 Å². The molecule has 0 bridgehead atoms. The number of halogens is 2. The van der Waals surface area contributed by atoms with Crippen LogP contribution in [-0.4, -0.2) is 45.4 Å². The Kier molecular flexibility index (Phi) is 9.79. The van der Waals surface area contributed by atoms with E-state index in [0.717, 1.165) is 41.8 Å². The predicted octanol–water partition coefficient (Wildman–Crippen LogP) is 6.52. The van der Waals surface area contributed by atoms with E-state index in [1.807, 2.05) is 36.6 Å². The summed E-state index contributed by atoms with van der Waals surface area (Å²) in [4.78, 5) is 32.9. The van der Waals surface area contributed by atoms with Gasteiger partial charge in [0.15, 0.2) is 0 Å². The molecule has 1 aromatic carbocycles. The van der Waals surface area contributed by atoms with Crippen LogP contribution in [0.15, 0.2) is 42.0 Å². The minimum atomic E-state index is -2.65. The Labute approximate surface area is 249 Å². The van der Waals surface area contributed by atoms with Gasteiger partial charge >= 0.3 is 0 Å². The molecule has 4 rings (SSSR count). The van der Waals surface area contributed by atoms with Crippen molar-refractivity contribution in [1.29, 1.82) is 5.26 Å². The summed E-state index contributed by atoms with van der Waals surface area (Å²) in [6, 6.07) is 10.4. The van der Waals surface area contributed by atoms with E-state index < -0.39 is 12.3 Å². The third-order valence-electron chi connectivity index (χ3n) is 6.97. The number of rotatable bonds is 10. The van der Waals surface area contributed by atoms with Gasteiger partial charge in [0.2, 0.25) is 5.95 Å². The number of thiophene rings is 1. The number of aromatic nitrogens is 2. The zero-order valence-corrected chi connectivity index (χ0v) is 25.5. The number of fused-ring (bicyclic) bond motifs is 1. The topological polar surface area (TPSA) is 103 Å². The van der Waals surface area contributed by atoms with Gasteiger partial charge in [0.05, 0.1) is 26.8 Å². The van der Waals surface area contributed by atoms with Crippen molar-refractivity contribution in [2.75, 3.05) is 18.4 Å². The Hall–Kier alpha value is -3.62. The maximum Gasteiger partial charge on any atom is 0.272 e. The lowest BCUT2D eigenvalue weighted by Gasteiger charge is -2.26. The summed E-state index contributed by atoms with van der Waals surface area (Å²) in [5.41, 5.74) is 2.75. The SMILES string of the molecule is CC(C)/C=C(\C#N)C(=O)N1CCC[C@H]1Cn1c(NC(=O)c2ccc(C(F)F)s2)nc2cc(CNCC(C)(C)C)ccc21. The summed E-state index contributed by atoms with van der Waals surface area (Å²) in [6.07, 6.45) is 0.553. The Morgan fingerprint density at radius 2 is 2.00 bits per heavy atom. The summed E-state index contributed by atoms with van der Waals surface area (Å²) >= 11 is 0.745. The van der Waals surface area contributed by atoms with E-state index in [1.54, 1.807) is 11.0 Å². The molecule has 0 saturated carbocycles. The van der Waals surface area contributed by atoms with Crippen LogP contribution in [0.2, 0.25) is 0 Å². The van der Waals surface area contributed by atoms with E-state index >= 15 is 0 Å². The van der Waals surface area contributed by atoms with Crippen molar-refractivity contribution in [3.8, 4) is 6.07 Å². The molecule has 8 nitrogen and oxygen atoms in total. The molecular formula is C31H38F2N6O2S. The van der Waals surface area contributed by atoms with Crippen LogP contribution in [0.1, 0.15) is 74.0 Å². The van der Waals surface area contributed by atoms with Crippen molar-refractivity contribution in [2.24, 2.45) is 11.3 Å². The number of anilines is 1. The molecule has 1 saturated heterocycles. The minimum Gasteiger partial charge on any atom is -0.333 e. The largest absolute Gasteiger partial charge is 0.333 e. The van der Waals surface area contributed by atoms with Crippen LogP contribution in [-0.2, 0) is 17.9 Å². The van der Waals surface area contributed by atoms with Gasteiger partial charge < -0.3 is 14.8 Å². The van der Waals surface area contributed by atoms with E-state index in [4.69, 9.17) is 4.98 Å².